The molecule has 39 heavy (non-hydrogen) atoms. The Labute approximate surface area is 225 Å². The normalized spacial score (nSPS) is 15.2. The Morgan fingerprint density at radius 2 is 1.46 bits per heavy atom. The molecule has 0 saturated carbocycles. The second-order valence-corrected chi connectivity index (χ2v) is 9.74. The fourth-order valence-electron chi connectivity index (χ4n) is 5.37. The van der Waals surface area contributed by atoms with Crippen LogP contribution in [0.2, 0.25) is 0 Å². The van der Waals surface area contributed by atoms with Gasteiger partial charge in [-0.3, -0.25) is 19.4 Å². The first-order chi connectivity index (χ1) is 18.9. The molecule has 2 heterocycles. The molecule has 5 rings (SSSR count). The minimum Gasteiger partial charge on any atom is -0.469 e. The number of amides is 3. The van der Waals surface area contributed by atoms with E-state index >= 15 is 0 Å². The van der Waals surface area contributed by atoms with Gasteiger partial charge in [0.1, 0.15) is 11.6 Å². The summed E-state index contributed by atoms with van der Waals surface area (Å²) in [6, 6.07) is 16.6. The first-order valence-electron chi connectivity index (χ1n) is 12.9. The summed E-state index contributed by atoms with van der Waals surface area (Å²) in [7, 11) is 1.38. The predicted molar refractivity (Wildman–Crippen MR) is 143 cm³/mol. The summed E-state index contributed by atoms with van der Waals surface area (Å²) in [6.45, 7) is 1.45. The summed E-state index contributed by atoms with van der Waals surface area (Å²) >= 11 is 0. The lowest BCUT2D eigenvalue weighted by molar-refractivity contribution is -0.146. The summed E-state index contributed by atoms with van der Waals surface area (Å²) in [4.78, 5) is 43.8. The van der Waals surface area contributed by atoms with Crippen LogP contribution in [-0.4, -0.2) is 49.6 Å². The number of nitrogens with zero attached hydrogens (tertiary/aromatic N) is 3. The van der Waals surface area contributed by atoms with Crippen molar-refractivity contribution >= 4 is 35.0 Å². The van der Waals surface area contributed by atoms with Crippen LogP contribution in [0.15, 0.2) is 66.7 Å². The maximum atomic E-state index is 13.7. The molecule has 0 spiro atoms. The molecule has 0 atom stereocenters. The third kappa shape index (κ3) is 5.48. The van der Waals surface area contributed by atoms with Crippen molar-refractivity contribution in [3.63, 3.8) is 0 Å². The number of carbonyl (C=O) groups excluding carboxylic acids is 3. The van der Waals surface area contributed by atoms with Crippen LogP contribution in [0.3, 0.4) is 0 Å². The fraction of sp³-hybridized carbons (Fsp3) is 0.300. The van der Waals surface area contributed by atoms with Crippen LogP contribution in [0.4, 0.5) is 30.6 Å². The molecule has 3 aromatic rings. The average molecular weight is 534 g/mol. The molecule has 0 bridgehead atoms. The minimum atomic E-state index is -0.426. The van der Waals surface area contributed by atoms with E-state index in [0.29, 0.717) is 50.3 Å². The Balaban J connectivity index is 1.35. The zero-order valence-electron chi connectivity index (χ0n) is 21.6. The molecular formula is C30H29F2N3O4. The number of halogens is 2. The highest BCUT2D eigenvalue weighted by molar-refractivity contribution is 6.02. The number of esters is 1. The lowest BCUT2D eigenvalue weighted by Crippen LogP contribution is -2.47. The minimum absolute atomic E-state index is 0.0461. The monoisotopic (exact) mass is 533 g/mol. The summed E-state index contributed by atoms with van der Waals surface area (Å²) in [6.07, 6.45) is 1.78. The zero-order chi connectivity index (χ0) is 27.5. The number of hydrogen-bond acceptors (Lipinski definition) is 4. The maximum absolute atomic E-state index is 13.7. The highest BCUT2D eigenvalue weighted by atomic mass is 19.1. The molecule has 7 nitrogen and oxygen atoms in total. The third-order valence-corrected chi connectivity index (χ3v) is 7.42. The number of methoxy groups -OCH3 is 1. The molecule has 3 aromatic carbocycles. The third-order valence-electron chi connectivity index (χ3n) is 7.42. The number of anilines is 3. The molecule has 2 aliphatic heterocycles. The first-order valence-corrected chi connectivity index (χ1v) is 12.9. The molecule has 202 valence electrons. The number of carbonyl (C=O) groups is 3. The van der Waals surface area contributed by atoms with Crippen LogP contribution in [0, 0.1) is 17.6 Å². The molecule has 0 aromatic heterocycles. The zero-order valence-corrected chi connectivity index (χ0v) is 21.6. The topological polar surface area (TPSA) is 70.2 Å². The summed E-state index contributed by atoms with van der Waals surface area (Å²) in [5.41, 5.74) is 3.43. The Kier molecular flexibility index (Phi) is 7.58. The molecule has 0 radical (unpaired) electrons. The summed E-state index contributed by atoms with van der Waals surface area (Å²) < 4.78 is 32.0. The van der Waals surface area contributed by atoms with Gasteiger partial charge in [-0.05, 0) is 85.0 Å². The Bertz CT molecular complexity index is 1320. The first kappa shape index (κ1) is 26.3. The van der Waals surface area contributed by atoms with Gasteiger partial charge in [0.15, 0.2) is 0 Å². The Morgan fingerprint density at radius 1 is 0.872 bits per heavy atom. The summed E-state index contributed by atoms with van der Waals surface area (Å²) in [5, 5.41) is 0. The van der Waals surface area contributed by atoms with Gasteiger partial charge in [0.25, 0.3) is 0 Å². The van der Waals surface area contributed by atoms with Crippen LogP contribution in [0.1, 0.15) is 24.0 Å². The van der Waals surface area contributed by atoms with E-state index < -0.39 is 11.6 Å². The number of ether oxygens (including phenoxy) is 1. The van der Waals surface area contributed by atoms with Gasteiger partial charge in [-0.2, -0.15) is 0 Å². The fourth-order valence-corrected chi connectivity index (χ4v) is 5.37. The van der Waals surface area contributed by atoms with E-state index in [1.165, 1.54) is 60.5 Å². The van der Waals surface area contributed by atoms with Crippen LogP contribution in [0.5, 0.6) is 0 Å². The Hall–Kier alpha value is -4.27. The quantitative estimate of drug-likeness (QED) is 0.421. The van der Waals surface area contributed by atoms with Crippen molar-refractivity contribution < 1.29 is 27.9 Å². The van der Waals surface area contributed by atoms with Gasteiger partial charge in [0.05, 0.1) is 19.4 Å². The van der Waals surface area contributed by atoms with Crippen molar-refractivity contribution in [3.8, 4) is 0 Å². The largest absolute Gasteiger partial charge is 0.469 e. The van der Waals surface area contributed by atoms with Crippen LogP contribution in [-0.2, 0) is 27.2 Å². The van der Waals surface area contributed by atoms with Gasteiger partial charge < -0.3 is 9.64 Å². The van der Waals surface area contributed by atoms with Gasteiger partial charge >= 0.3 is 12.0 Å². The van der Waals surface area contributed by atoms with Crippen LogP contribution >= 0.6 is 0 Å². The second-order valence-electron chi connectivity index (χ2n) is 9.74. The van der Waals surface area contributed by atoms with E-state index in [1.54, 1.807) is 9.80 Å². The highest BCUT2D eigenvalue weighted by Gasteiger charge is 2.34. The number of likely N-dealkylation sites (tertiary alicyclic amines) is 1. The molecule has 3 amide bonds. The lowest BCUT2D eigenvalue weighted by atomic mass is 9.97. The number of rotatable bonds is 5. The van der Waals surface area contributed by atoms with Gasteiger partial charge in [0.2, 0.25) is 5.91 Å². The second kappa shape index (κ2) is 11.2. The van der Waals surface area contributed by atoms with Crippen molar-refractivity contribution in [1.29, 1.82) is 0 Å². The molecule has 0 unspecified atom stereocenters. The molecule has 1 saturated heterocycles. The van der Waals surface area contributed by atoms with E-state index in [-0.39, 0.29) is 30.2 Å². The van der Waals surface area contributed by atoms with E-state index in [1.807, 2.05) is 18.2 Å². The van der Waals surface area contributed by atoms with Crippen molar-refractivity contribution in [2.75, 3.05) is 36.5 Å². The van der Waals surface area contributed by atoms with Crippen molar-refractivity contribution in [2.24, 2.45) is 5.92 Å². The van der Waals surface area contributed by atoms with E-state index in [9.17, 15) is 23.2 Å². The molecule has 9 heteroatoms. The number of urea groups is 1. The number of hydrogen-bond donors (Lipinski definition) is 0. The number of benzene rings is 3. The Morgan fingerprint density at radius 3 is 2.03 bits per heavy atom. The smallest absolute Gasteiger partial charge is 0.324 e. The van der Waals surface area contributed by atoms with Gasteiger partial charge in [-0.1, -0.05) is 12.1 Å². The van der Waals surface area contributed by atoms with Crippen LogP contribution in [0.25, 0.3) is 0 Å². The van der Waals surface area contributed by atoms with Gasteiger partial charge in [-0.15, -0.1) is 0 Å². The molecule has 2 aliphatic rings. The van der Waals surface area contributed by atoms with Gasteiger partial charge in [-0.25, -0.2) is 13.6 Å². The van der Waals surface area contributed by atoms with Crippen LogP contribution < -0.4 is 9.80 Å². The maximum Gasteiger partial charge on any atom is 0.324 e. The highest BCUT2D eigenvalue weighted by Crippen LogP contribution is 2.34. The molecule has 0 N–H and O–H groups in total. The van der Waals surface area contributed by atoms with Gasteiger partial charge in [0, 0.05) is 36.7 Å². The van der Waals surface area contributed by atoms with Crippen molar-refractivity contribution in [2.45, 2.75) is 25.7 Å². The van der Waals surface area contributed by atoms with E-state index in [0.717, 1.165) is 16.8 Å². The molecular weight excluding hydrogens is 504 g/mol. The number of piperidine rings is 1. The lowest BCUT2D eigenvalue weighted by Gasteiger charge is -2.33. The number of fused-ring (bicyclic) bond motifs is 1. The SMILES string of the molecule is COC(=O)C1CCN(C(=O)N2CCc3c(CC(=O)N(c4ccc(F)cc4)c4ccc(F)cc4)cccc32)CC1. The predicted octanol–water partition coefficient (Wildman–Crippen LogP) is 5.24. The molecule has 1 fully saturated rings. The summed E-state index contributed by atoms with van der Waals surface area (Å²) in [5.74, 6) is -1.54. The van der Waals surface area contributed by atoms with E-state index in [4.69, 9.17) is 4.74 Å². The standard InChI is InChI=1S/C30H29F2N3O4/c1-39-29(37)20-13-16-33(17-14-20)30(38)34-18-15-26-21(3-2-4-27(26)34)19-28(36)35(24-9-5-22(31)6-10-24)25-11-7-23(32)8-12-25/h2-12,20H,13-19H2,1H3. The van der Waals surface area contributed by atoms with Crippen molar-refractivity contribution in [1.82, 2.24) is 4.90 Å². The van der Waals surface area contributed by atoms with E-state index in [2.05, 4.69) is 0 Å². The molecule has 0 aliphatic carbocycles. The average Bonchev–Trinajstić information content (AvgIpc) is 3.40. The van der Waals surface area contributed by atoms with Crippen molar-refractivity contribution in [3.05, 3.63) is 89.5 Å².